The van der Waals surface area contributed by atoms with Gasteiger partial charge in [0, 0.05) is 11.1 Å². The number of halogens is 1. The molecule has 1 saturated carbocycles. The number of amides is 3. The van der Waals surface area contributed by atoms with Gasteiger partial charge < -0.3 is 5.32 Å². The second-order valence-corrected chi connectivity index (χ2v) is 7.56. The number of carbonyl (C=O) groups is 2. The lowest BCUT2D eigenvalue weighted by Crippen LogP contribution is -2.44. The maximum Gasteiger partial charge on any atom is 0.321 e. The summed E-state index contributed by atoms with van der Waals surface area (Å²) in [6.07, 6.45) is 5.74. The molecule has 0 saturated heterocycles. The summed E-state index contributed by atoms with van der Waals surface area (Å²) in [5.41, 5.74) is 1.79. The monoisotopic (exact) mass is 393 g/mol. The largest absolute Gasteiger partial charge is 0.335 e. The normalized spacial score (nSPS) is 14.4. The van der Waals surface area contributed by atoms with Crippen LogP contribution in [-0.2, 0) is 4.79 Å². The van der Waals surface area contributed by atoms with Crippen LogP contribution in [0.4, 0.5) is 4.79 Å². The van der Waals surface area contributed by atoms with Crippen LogP contribution in [0.2, 0.25) is 5.02 Å². The second-order valence-electron chi connectivity index (χ2n) is 6.21. The van der Waals surface area contributed by atoms with Gasteiger partial charge in [-0.05, 0) is 37.5 Å². The summed E-state index contributed by atoms with van der Waals surface area (Å²) in [6, 6.07) is 5.37. The summed E-state index contributed by atoms with van der Waals surface area (Å²) in [5.74, 6) is -0.307. The predicted octanol–water partition coefficient (Wildman–Crippen LogP) is 3.09. The molecule has 0 radical (unpaired) electrons. The van der Waals surface area contributed by atoms with Gasteiger partial charge in [0.05, 0.1) is 11.4 Å². The first-order valence-electron chi connectivity index (χ1n) is 8.42. The molecule has 1 heterocycles. The smallest absolute Gasteiger partial charge is 0.321 e. The van der Waals surface area contributed by atoms with E-state index in [1.807, 2.05) is 25.1 Å². The second kappa shape index (κ2) is 8.55. The van der Waals surface area contributed by atoms with E-state index in [1.54, 1.807) is 10.9 Å². The first-order chi connectivity index (χ1) is 12.5. The first-order valence-corrected chi connectivity index (χ1v) is 9.79. The fourth-order valence-electron chi connectivity index (χ4n) is 2.82. The number of benzene rings is 1. The maximum atomic E-state index is 12.0. The zero-order chi connectivity index (χ0) is 18.5. The fraction of sp³-hybridized carbons (Fsp3) is 0.412. The molecule has 1 aromatic carbocycles. The summed E-state index contributed by atoms with van der Waals surface area (Å²) in [4.78, 5) is 23.8. The molecule has 1 aliphatic carbocycles. The van der Waals surface area contributed by atoms with E-state index in [4.69, 9.17) is 11.6 Å². The van der Waals surface area contributed by atoms with Gasteiger partial charge in [-0.2, -0.15) is 0 Å². The van der Waals surface area contributed by atoms with Crippen LogP contribution >= 0.6 is 23.4 Å². The van der Waals surface area contributed by atoms with E-state index in [0.717, 1.165) is 36.9 Å². The van der Waals surface area contributed by atoms with Crippen molar-refractivity contribution in [3.8, 4) is 5.69 Å². The zero-order valence-corrected chi connectivity index (χ0v) is 15.9. The molecule has 26 heavy (non-hydrogen) atoms. The lowest BCUT2D eigenvalue weighted by Gasteiger charge is -2.12. The highest BCUT2D eigenvalue weighted by Crippen LogP contribution is 2.23. The van der Waals surface area contributed by atoms with Crippen LogP contribution in [-0.4, -0.2) is 38.5 Å². The van der Waals surface area contributed by atoms with Crippen LogP contribution in [0.1, 0.15) is 31.2 Å². The molecule has 1 aromatic heterocycles. The molecule has 7 nitrogen and oxygen atoms in total. The Morgan fingerprint density at radius 1 is 1.35 bits per heavy atom. The lowest BCUT2D eigenvalue weighted by atomic mass is 10.2. The Kier molecular flexibility index (Phi) is 6.16. The van der Waals surface area contributed by atoms with Crippen LogP contribution < -0.4 is 10.6 Å². The molecule has 138 valence electrons. The number of nitrogens with zero attached hydrogens (tertiary/aromatic N) is 3. The van der Waals surface area contributed by atoms with E-state index in [1.165, 1.54) is 11.8 Å². The van der Waals surface area contributed by atoms with Gasteiger partial charge in [0.2, 0.25) is 5.91 Å². The van der Waals surface area contributed by atoms with Gasteiger partial charge in [0.15, 0.2) is 5.16 Å². The van der Waals surface area contributed by atoms with E-state index in [0.29, 0.717) is 10.2 Å². The zero-order valence-electron chi connectivity index (χ0n) is 14.4. The van der Waals surface area contributed by atoms with E-state index < -0.39 is 6.03 Å². The van der Waals surface area contributed by atoms with Crippen molar-refractivity contribution in [1.29, 1.82) is 0 Å². The number of carbonyl (C=O) groups excluding carboxylic acids is 2. The van der Waals surface area contributed by atoms with E-state index >= 15 is 0 Å². The summed E-state index contributed by atoms with van der Waals surface area (Å²) in [7, 11) is 0. The van der Waals surface area contributed by atoms with Gasteiger partial charge in [0.1, 0.15) is 6.33 Å². The molecule has 3 amide bonds. The van der Waals surface area contributed by atoms with Gasteiger partial charge in [-0.15, -0.1) is 10.2 Å². The molecule has 0 aliphatic heterocycles. The number of nitrogens with one attached hydrogen (secondary N) is 2. The highest BCUT2D eigenvalue weighted by molar-refractivity contribution is 7.99. The van der Waals surface area contributed by atoms with Gasteiger partial charge in [-0.1, -0.05) is 42.3 Å². The van der Waals surface area contributed by atoms with Crippen LogP contribution in [0.15, 0.2) is 29.7 Å². The number of hydrogen-bond donors (Lipinski definition) is 2. The van der Waals surface area contributed by atoms with E-state index in [-0.39, 0.29) is 17.7 Å². The molecule has 0 atom stereocenters. The molecule has 1 fully saturated rings. The molecular formula is C17H20ClN5O2S. The quantitative estimate of drug-likeness (QED) is 0.762. The van der Waals surface area contributed by atoms with Crippen molar-refractivity contribution in [1.82, 2.24) is 25.4 Å². The Labute approximate surface area is 160 Å². The summed E-state index contributed by atoms with van der Waals surface area (Å²) in [5, 5.41) is 14.3. The van der Waals surface area contributed by atoms with Gasteiger partial charge in [0.25, 0.3) is 0 Å². The number of rotatable bonds is 5. The average Bonchev–Trinajstić information content (AvgIpc) is 3.27. The minimum atomic E-state index is -0.436. The standard InChI is InChI=1S/C17H20ClN5O2S/c1-11-6-7-13(8-14(11)18)23-10-19-22-17(23)26-9-15(24)21-16(25)20-12-4-2-3-5-12/h6-8,10,12H,2-5,9H2,1H3,(H2,20,21,24,25). The molecule has 3 rings (SSSR count). The van der Waals surface area contributed by atoms with Crippen LogP contribution in [0, 0.1) is 6.92 Å². The summed E-state index contributed by atoms with van der Waals surface area (Å²) >= 11 is 7.37. The number of thioether (sulfide) groups is 1. The van der Waals surface area contributed by atoms with Gasteiger partial charge in [-0.25, -0.2) is 4.79 Å². The Hall–Kier alpha value is -2.06. The van der Waals surface area contributed by atoms with Crippen molar-refractivity contribution in [3.05, 3.63) is 35.1 Å². The topological polar surface area (TPSA) is 88.9 Å². The molecule has 9 heteroatoms. The number of aromatic nitrogens is 3. The Bertz CT molecular complexity index is 804. The lowest BCUT2D eigenvalue weighted by molar-refractivity contribution is -0.117. The number of hydrogen-bond acceptors (Lipinski definition) is 5. The molecule has 1 aliphatic rings. The van der Waals surface area contributed by atoms with Gasteiger partial charge >= 0.3 is 6.03 Å². The number of imide groups is 1. The molecular weight excluding hydrogens is 374 g/mol. The predicted molar refractivity (Wildman–Crippen MR) is 101 cm³/mol. The molecule has 0 unspecified atom stereocenters. The molecule has 2 aromatic rings. The third kappa shape index (κ3) is 4.76. The van der Waals surface area contributed by atoms with Crippen molar-refractivity contribution in [2.45, 2.75) is 43.8 Å². The van der Waals surface area contributed by atoms with Crippen LogP contribution in [0.3, 0.4) is 0 Å². The average molecular weight is 394 g/mol. The van der Waals surface area contributed by atoms with E-state index in [9.17, 15) is 9.59 Å². The van der Waals surface area contributed by atoms with Crippen molar-refractivity contribution in [2.75, 3.05) is 5.75 Å². The highest BCUT2D eigenvalue weighted by Gasteiger charge is 2.18. The molecule has 0 bridgehead atoms. The Morgan fingerprint density at radius 2 is 2.12 bits per heavy atom. The Morgan fingerprint density at radius 3 is 2.85 bits per heavy atom. The summed E-state index contributed by atoms with van der Waals surface area (Å²) in [6.45, 7) is 1.93. The highest BCUT2D eigenvalue weighted by atomic mass is 35.5. The van der Waals surface area contributed by atoms with Crippen molar-refractivity contribution in [2.24, 2.45) is 0 Å². The number of urea groups is 1. The molecule has 2 N–H and O–H groups in total. The fourth-order valence-corrected chi connectivity index (χ4v) is 3.72. The minimum absolute atomic E-state index is 0.0658. The number of aryl methyl sites for hydroxylation is 1. The SMILES string of the molecule is Cc1ccc(-n2cnnc2SCC(=O)NC(=O)NC2CCCC2)cc1Cl. The van der Waals surface area contributed by atoms with Gasteiger partial charge in [-0.3, -0.25) is 14.7 Å². The first kappa shape index (κ1) is 18.7. The van der Waals surface area contributed by atoms with Crippen molar-refractivity contribution < 1.29 is 9.59 Å². The van der Waals surface area contributed by atoms with Crippen molar-refractivity contribution in [3.63, 3.8) is 0 Å². The third-order valence-corrected chi connectivity index (χ3v) is 5.58. The van der Waals surface area contributed by atoms with Crippen LogP contribution in [0.25, 0.3) is 5.69 Å². The van der Waals surface area contributed by atoms with Crippen LogP contribution in [0.5, 0.6) is 0 Å². The van der Waals surface area contributed by atoms with E-state index in [2.05, 4.69) is 20.8 Å². The maximum absolute atomic E-state index is 12.0. The van der Waals surface area contributed by atoms with Crippen molar-refractivity contribution >= 4 is 35.3 Å². The summed E-state index contributed by atoms with van der Waals surface area (Å²) < 4.78 is 1.75. The third-order valence-electron chi connectivity index (χ3n) is 4.23. The Balaban J connectivity index is 1.55. The molecule has 0 spiro atoms. The minimum Gasteiger partial charge on any atom is -0.335 e.